The minimum atomic E-state index is -0.456. The van der Waals surface area contributed by atoms with Crippen molar-refractivity contribution < 1.29 is 4.57 Å². The monoisotopic (exact) mass is 202 g/mol. The fourth-order valence-corrected chi connectivity index (χ4v) is 1.79. The van der Waals surface area contributed by atoms with Gasteiger partial charge in [-0.25, -0.2) is 4.57 Å². The molecule has 1 aromatic rings. The molecule has 1 saturated carbocycles. The lowest BCUT2D eigenvalue weighted by Gasteiger charge is -1.95. The number of alkyl halides is 2. The Morgan fingerprint density at radius 1 is 1.25 bits per heavy atom. The van der Waals surface area contributed by atoms with E-state index in [9.17, 15) is 0 Å². The Kier molecular flexibility index (Phi) is 2.01. The topological polar surface area (TPSA) is 3.88 Å². The van der Waals surface area contributed by atoms with Crippen LogP contribution < -0.4 is 4.57 Å². The molecular weight excluding hydrogens is 193 g/mol. The van der Waals surface area contributed by atoms with Gasteiger partial charge in [-0.05, 0) is 6.42 Å². The van der Waals surface area contributed by atoms with Crippen LogP contribution in [0.15, 0.2) is 30.6 Å². The van der Waals surface area contributed by atoms with E-state index >= 15 is 0 Å². The van der Waals surface area contributed by atoms with Crippen molar-refractivity contribution in [2.75, 3.05) is 0 Å². The minimum Gasteiger partial charge on any atom is -0.205 e. The summed E-state index contributed by atoms with van der Waals surface area (Å²) in [7, 11) is 0. The van der Waals surface area contributed by atoms with E-state index in [2.05, 4.69) is 4.57 Å². The molecule has 0 amide bonds. The molecular formula is C9H10Cl2N+. The molecule has 1 atom stereocenters. The van der Waals surface area contributed by atoms with Gasteiger partial charge in [0.25, 0.3) is 0 Å². The van der Waals surface area contributed by atoms with Crippen molar-refractivity contribution in [2.45, 2.75) is 17.3 Å². The summed E-state index contributed by atoms with van der Waals surface area (Å²) in [6.45, 7) is 0.924. The van der Waals surface area contributed by atoms with Crippen LogP contribution >= 0.6 is 23.2 Å². The molecule has 1 unspecified atom stereocenters. The lowest BCUT2D eigenvalue weighted by atomic mass is 10.4. The first-order valence-corrected chi connectivity index (χ1v) is 4.76. The standard InChI is InChI=1S/C9H10Cl2N/c10-9(11)6-8(9)7-12-4-2-1-3-5-12/h1-5,8H,6-7H2/q+1. The van der Waals surface area contributed by atoms with Crippen molar-refractivity contribution in [1.29, 1.82) is 0 Å². The molecule has 1 nitrogen and oxygen atoms in total. The molecule has 0 aromatic carbocycles. The Balaban J connectivity index is 1.98. The van der Waals surface area contributed by atoms with E-state index in [0.717, 1.165) is 13.0 Å². The zero-order chi connectivity index (χ0) is 8.60. The van der Waals surface area contributed by atoms with E-state index in [1.807, 2.05) is 30.6 Å². The lowest BCUT2D eigenvalue weighted by molar-refractivity contribution is -0.700. The summed E-state index contributed by atoms with van der Waals surface area (Å²) < 4.78 is 1.65. The Hall–Kier alpha value is -0.270. The van der Waals surface area contributed by atoms with Gasteiger partial charge in [0.05, 0.1) is 5.92 Å². The van der Waals surface area contributed by atoms with Crippen LogP contribution in [0.4, 0.5) is 0 Å². The maximum atomic E-state index is 5.91. The molecule has 1 aliphatic carbocycles. The predicted octanol–water partition coefficient (Wildman–Crippen LogP) is 2.17. The predicted molar refractivity (Wildman–Crippen MR) is 49.2 cm³/mol. The summed E-state index contributed by atoms with van der Waals surface area (Å²) >= 11 is 11.8. The van der Waals surface area contributed by atoms with Crippen molar-refractivity contribution in [3.63, 3.8) is 0 Å². The SMILES string of the molecule is ClC1(Cl)CC1C[n+]1ccccc1. The normalized spacial score (nSPS) is 25.3. The van der Waals surface area contributed by atoms with E-state index in [1.165, 1.54) is 0 Å². The highest BCUT2D eigenvalue weighted by Gasteiger charge is 2.53. The van der Waals surface area contributed by atoms with E-state index < -0.39 is 4.33 Å². The van der Waals surface area contributed by atoms with Gasteiger partial charge >= 0.3 is 0 Å². The van der Waals surface area contributed by atoms with Gasteiger partial charge in [-0.1, -0.05) is 6.07 Å². The maximum Gasteiger partial charge on any atom is 0.168 e. The fourth-order valence-electron chi connectivity index (χ4n) is 1.28. The molecule has 1 heterocycles. The summed E-state index contributed by atoms with van der Waals surface area (Å²) in [6.07, 6.45) is 4.97. The third-order valence-corrected chi connectivity index (χ3v) is 3.09. The Morgan fingerprint density at radius 2 is 1.83 bits per heavy atom. The zero-order valence-corrected chi connectivity index (χ0v) is 8.09. The van der Waals surface area contributed by atoms with Crippen molar-refractivity contribution in [3.05, 3.63) is 30.6 Å². The van der Waals surface area contributed by atoms with Crippen LogP contribution in [0, 0.1) is 5.92 Å². The molecule has 1 aromatic heterocycles. The average Bonchev–Trinajstić information content (AvgIpc) is 2.61. The highest BCUT2D eigenvalue weighted by Crippen LogP contribution is 2.53. The Labute approximate surface area is 81.9 Å². The van der Waals surface area contributed by atoms with Crippen LogP contribution in [-0.2, 0) is 6.54 Å². The number of hydrogen-bond acceptors (Lipinski definition) is 0. The molecule has 2 rings (SSSR count). The van der Waals surface area contributed by atoms with Gasteiger partial charge in [0.2, 0.25) is 0 Å². The molecule has 1 fully saturated rings. The fraction of sp³-hybridized carbons (Fsp3) is 0.444. The van der Waals surface area contributed by atoms with Crippen molar-refractivity contribution in [3.8, 4) is 0 Å². The number of pyridine rings is 1. The molecule has 0 saturated heterocycles. The summed E-state index contributed by atoms with van der Waals surface area (Å²) in [5.41, 5.74) is 0. The molecule has 1 aliphatic rings. The van der Waals surface area contributed by atoms with Crippen molar-refractivity contribution in [2.24, 2.45) is 5.92 Å². The molecule has 64 valence electrons. The van der Waals surface area contributed by atoms with E-state index in [-0.39, 0.29) is 0 Å². The smallest absolute Gasteiger partial charge is 0.168 e. The quantitative estimate of drug-likeness (QED) is 0.512. The van der Waals surface area contributed by atoms with Crippen LogP contribution in [0.2, 0.25) is 0 Å². The number of rotatable bonds is 2. The van der Waals surface area contributed by atoms with Crippen LogP contribution in [-0.4, -0.2) is 4.33 Å². The average molecular weight is 203 g/mol. The first-order valence-electron chi connectivity index (χ1n) is 4.00. The number of nitrogens with zero attached hydrogens (tertiary/aromatic N) is 1. The van der Waals surface area contributed by atoms with E-state index in [4.69, 9.17) is 23.2 Å². The summed E-state index contributed by atoms with van der Waals surface area (Å²) in [4.78, 5) is 0. The molecule has 0 aliphatic heterocycles. The number of hydrogen-bond donors (Lipinski definition) is 0. The van der Waals surface area contributed by atoms with Gasteiger partial charge in [-0.2, -0.15) is 0 Å². The molecule has 3 heteroatoms. The van der Waals surface area contributed by atoms with Gasteiger partial charge < -0.3 is 0 Å². The van der Waals surface area contributed by atoms with Gasteiger partial charge in [0.1, 0.15) is 4.33 Å². The van der Waals surface area contributed by atoms with Crippen LogP contribution in [0.1, 0.15) is 6.42 Å². The third-order valence-electron chi connectivity index (χ3n) is 2.16. The second-order valence-corrected chi connectivity index (χ2v) is 4.78. The summed E-state index contributed by atoms with van der Waals surface area (Å²) in [6, 6.07) is 6.01. The largest absolute Gasteiger partial charge is 0.205 e. The molecule has 0 radical (unpaired) electrons. The van der Waals surface area contributed by atoms with Crippen LogP contribution in [0.5, 0.6) is 0 Å². The Morgan fingerprint density at radius 3 is 2.33 bits per heavy atom. The first kappa shape index (κ1) is 8.33. The van der Waals surface area contributed by atoms with Gasteiger partial charge in [-0.3, -0.25) is 0 Å². The van der Waals surface area contributed by atoms with Gasteiger partial charge in [-0.15, -0.1) is 23.2 Å². The van der Waals surface area contributed by atoms with E-state index in [0.29, 0.717) is 5.92 Å². The van der Waals surface area contributed by atoms with Gasteiger partial charge in [0.15, 0.2) is 18.9 Å². The van der Waals surface area contributed by atoms with Crippen LogP contribution in [0.3, 0.4) is 0 Å². The first-order chi connectivity index (χ1) is 5.68. The van der Waals surface area contributed by atoms with E-state index in [1.54, 1.807) is 0 Å². The maximum absolute atomic E-state index is 5.91. The number of aromatic nitrogens is 1. The lowest BCUT2D eigenvalue weighted by Crippen LogP contribution is -2.34. The molecule has 0 spiro atoms. The minimum absolute atomic E-state index is 0.424. The molecule has 12 heavy (non-hydrogen) atoms. The summed E-state index contributed by atoms with van der Waals surface area (Å²) in [5.74, 6) is 0.424. The summed E-state index contributed by atoms with van der Waals surface area (Å²) in [5, 5.41) is 0. The second kappa shape index (κ2) is 2.90. The van der Waals surface area contributed by atoms with Crippen molar-refractivity contribution in [1.82, 2.24) is 0 Å². The Bertz CT molecular complexity index is 271. The van der Waals surface area contributed by atoms with Crippen LogP contribution in [0.25, 0.3) is 0 Å². The highest BCUT2D eigenvalue weighted by atomic mass is 35.5. The zero-order valence-electron chi connectivity index (χ0n) is 6.58. The van der Waals surface area contributed by atoms with Gasteiger partial charge in [0, 0.05) is 12.1 Å². The third kappa shape index (κ3) is 1.73. The highest BCUT2D eigenvalue weighted by molar-refractivity contribution is 6.50. The molecule has 0 N–H and O–H groups in total. The van der Waals surface area contributed by atoms with Crippen molar-refractivity contribution >= 4 is 23.2 Å². The molecule has 0 bridgehead atoms. The second-order valence-electron chi connectivity index (χ2n) is 3.23. The number of halogens is 2.